The largest absolute Gasteiger partial charge is 0.394 e. The molecule has 0 spiro atoms. The Bertz CT molecular complexity index is 648. The molecule has 140 valence electrons. The van der Waals surface area contributed by atoms with E-state index in [1.807, 2.05) is 67.6 Å². The van der Waals surface area contributed by atoms with Gasteiger partial charge in [0, 0.05) is 0 Å². The van der Waals surface area contributed by atoms with Crippen molar-refractivity contribution >= 4 is 0 Å². The van der Waals surface area contributed by atoms with E-state index >= 15 is 0 Å². The molecule has 1 heterocycles. The fraction of sp³-hybridized carbons (Fsp3) is 0.429. The van der Waals surface area contributed by atoms with Gasteiger partial charge in [-0.15, -0.1) is 0 Å². The molecule has 2 aromatic carbocycles. The minimum Gasteiger partial charge on any atom is -0.394 e. The molecule has 2 aromatic rings. The Hall–Kier alpha value is -1.76. The highest BCUT2D eigenvalue weighted by molar-refractivity contribution is 5.14. The molecule has 1 saturated heterocycles. The fourth-order valence-electron chi connectivity index (χ4n) is 3.24. The van der Waals surface area contributed by atoms with Crippen LogP contribution in [0.1, 0.15) is 18.1 Å². The topological polar surface area (TPSA) is 68.2 Å². The van der Waals surface area contributed by atoms with Crippen LogP contribution in [-0.2, 0) is 27.4 Å². The summed E-state index contributed by atoms with van der Waals surface area (Å²) in [4.78, 5) is 0. The molecule has 5 nitrogen and oxygen atoms in total. The molecule has 26 heavy (non-hydrogen) atoms. The third-order valence-electron chi connectivity index (χ3n) is 4.64. The summed E-state index contributed by atoms with van der Waals surface area (Å²) >= 11 is 0. The second kappa shape index (κ2) is 9.26. The minimum absolute atomic E-state index is 0.216. The molecule has 2 unspecified atom stereocenters. The van der Waals surface area contributed by atoms with E-state index in [1.165, 1.54) is 0 Å². The second-order valence-electron chi connectivity index (χ2n) is 6.58. The highest BCUT2D eigenvalue weighted by Crippen LogP contribution is 2.27. The molecule has 2 N–H and O–H groups in total. The first-order valence-corrected chi connectivity index (χ1v) is 8.94. The molecule has 1 aliphatic heterocycles. The van der Waals surface area contributed by atoms with Gasteiger partial charge in [0.1, 0.15) is 24.4 Å². The van der Waals surface area contributed by atoms with Gasteiger partial charge >= 0.3 is 0 Å². The van der Waals surface area contributed by atoms with Crippen LogP contribution in [0.2, 0.25) is 0 Å². The van der Waals surface area contributed by atoms with E-state index in [0.717, 1.165) is 11.1 Å². The maximum Gasteiger partial charge on any atom is 0.115 e. The zero-order chi connectivity index (χ0) is 18.4. The van der Waals surface area contributed by atoms with Gasteiger partial charge in [0.05, 0.1) is 25.9 Å². The quantitative estimate of drug-likeness (QED) is 0.795. The summed E-state index contributed by atoms with van der Waals surface area (Å²) in [7, 11) is 0. The van der Waals surface area contributed by atoms with Crippen LogP contribution in [-0.4, -0.2) is 47.3 Å². The van der Waals surface area contributed by atoms with Gasteiger partial charge in [0.15, 0.2) is 0 Å². The lowest BCUT2D eigenvalue weighted by Crippen LogP contribution is -2.59. The van der Waals surface area contributed by atoms with E-state index in [2.05, 4.69) is 0 Å². The van der Waals surface area contributed by atoms with Crippen molar-refractivity contribution in [3.63, 3.8) is 0 Å². The van der Waals surface area contributed by atoms with Crippen molar-refractivity contribution in [3.05, 3.63) is 71.8 Å². The first-order valence-electron chi connectivity index (χ1n) is 8.94. The van der Waals surface area contributed by atoms with Crippen LogP contribution in [0.3, 0.4) is 0 Å². The Morgan fingerprint density at radius 1 is 0.846 bits per heavy atom. The lowest BCUT2D eigenvalue weighted by molar-refractivity contribution is -0.253. The third kappa shape index (κ3) is 4.69. The van der Waals surface area contributed by atoms with Crippen LogP contribution < -0.4 is 0 Å². The van der Waals surface area contributed by atoms with Crippen LogP contribution >= 0.6 is 0 Å². The Morgan fingerprint density at radius 3 is 1.85 bits per heavy atom. The Labute approximate surface area is 154 Å². The zero-order valence-corrected chi connectivity index (χ0v) is 14.9. The monoisotopic (exact) mass is 358 g/mol. The van der Waals surface area contributed by atoms with Gasteiger partial charge < -0.3 is 24.4 Å². The minimum atomic E-state index is -0.886. The van der Waals surface area contributed by atoms with Crippen LogP contribution in [0.15, 0.2) is 60.7 Å². The average molecular weight is 358 g/mol. The number of hydrogen-bond donors (Lipinski definition) is 2. The summed E-state index contributed by atoms with van der Waals surface area (Å²) in [6, 6.07) is 19.5. The number of rotatable bonds is 7. The fourth-order valence-corrected chi connectivity index (χ4v) is 3.24. The van der Waals surface area contributed by atoms with Gasteiger partial charge in [-0.3, -0.25) is 0 Å². The van der Waals surface area contributed by atoms with Crippen molar-refractivity contribution in [2.75, 3.05) is 6.61 Å². The summed E-state index contributed by atoms with van der Waals surface area (Å²) < 4.78 is 17.7. The molecule has 0 aromatic heterocycles. The zero-order valence-electron chi connectivity index (χ0n) is 14.9. The van der Waals surface area contributed by atoms with Crippen molar-refractivity contribution in [1.29, 1.82) is 0 Å². The smallest absolute Gasteiger partial charge is 0.115 e. The van der Waals surface area contributed by atoms with E-state index in [9.17, 15) is 10.2 Å². The van der Waals surface area contributed by atoms with Gasteiger partial charge in [0.25, 0.3) is 0 Å². The van der Waals surface area contributed by atoms with Crippen molar-refractivity contribution in [2.45, 2.75) is 50.7 Å². The Kier molecular flexibility index (Phi) is 6.77. The second-order valence-corrected chi connectivity index (χ2v) is 6.58. The number of aliphatic hydroxyl groups is 2. The molecule has 3 rings (SSSR count). The molecular formula is C21H26O5. The summed E-state index contributed by atoms with van der Waals surface area (Å²) in [5.74, 6) is 0. The predicted molar refractivity (Wildman–Crippen MR) is 97.5 cm³/mol. The van der Waals surface area contributed by atoms with Gasteiger partial charge in [-0.1, -0.05) is 60.7 Å². The molecular weight excluding hydrogens is 332 g/mol. The molecule has 5 atom stereocenters. The van der Waals surface area contributed by atoms with Crippen LogP contribution in [0.5, 0.6) is 0 Å². The number of hydrogen-bond acceptors (Lipinski definition) is 5. The maximum absolute atomic E-state index is 10.8. The predicted octanol–water partition coefficient (Wildman–Crippen LogP) is 2.30. The first kappa shape index (κ1) is 19.0. The molecule has 0 bridgehead atoms. The highest BCUT2D eigenvalue weighted by Gasteiger charge is 2.44. The average Bonchev–Trinajstić information content (AvgIpc) is 2.68. The van der Waals surface area contributed by atoms with Crippen molar-refractivity contribution in [1.82, 2.24) is 0 Å². The molecule has 0 radical (unpaired) electrons. The highest BCUT2D eigenvalue weighted by atomic mass is 16.6. The van der Waals surface area contributed by atoms with Gasteiger partial charge in [-0.2, -0.15) is 0 Å². The van der Waals surface area contributed by atoms with Gasteiger partial charge in [-0.25, -0.2) is 0 Å². The SMILES string of the molecule is C[C@@H]1OC(CO)[C@H](OCc2ccccc2)[C@H](O)C1OCc1ccccc1. The number of aliphatic hydroxyl groups excluding tert-OH is 2. The van der Waals surface area contributed by atoms with Gasteiger partial charge in [0.2, 0.25) is 0 Å². The van der Waals surface area contributed by atoms with E-state index in [0.29, 0.717) is 13.2 Å². The molecule has 0 amide bonds. The first-order chi connectivity index (χ1) is 12.7. The van der Waals surface area contributed by atoms with Gasteiger partial charge in [-0.05, 0) is 18.1 Å². The summed E-state index contributed by atoms with van der Waals surface area (Å²) in [5, 5.41) is 20.4. The Morgan fingerprint density at radius 2 is 1.35 bits per heavy atom. The van der Waals surface area contributed by atoms with Crippen molar-refractivity contribution in [3.8, 4) is 0 Å². The summed E-state index contributed by atoms with van der Waals surface area (Å²) in [5.41, 5.74) is 2.02. The molecule has 1 fully saturated rings. The third-order valence-corrected chi connectivity index (χ3v) is 4.64. The van der Waals surface area contributed by atoms with E-state index in [4.69, 9.17) is 14.2 Å². The van der Waals surface area contributed by atoms with Crippen LogP contribution in [0, 0.1) is 0 Å². The maximum atomic E-state index is 10.8. The molecule has 5 heteroatoms. The summed E-state index contributed by atoms with van der Waals surface area (Å²) in [6.45, 7) is 2.34. The number of benzene rings is 2. The molecule has 0 saturated carbocycles. The van der Waals surface area contributed by atoms with Crippen LogP contribution in [0.25, 0.3) is 0 Å². The number of ether oxygens (including phenoxy) is 3. The lowest BCUT2D eigenvalue weighted by atomic mass is 9.95. The Balaban J connectivity index is 1.64. The normalized spacial score (nSPS) is 28.8. The molecule has 0 aliphatic carbocycles. The standard InChI is InChI=1S/C21H26O5/c1-15-20(24-13-16-8-4-2-5-9-16)19(23)21(18(12-22)26-15)25-14-17-10-6-3-7-11-17/h2-11,15,18-23H,12-14H2,1H3/t15-,18?,19+,20?,21-/m0/s1. The van der Waals surface area contributed by atoms with E-state index < -0.39 is 24.4 Å². The molecule has 1 aliphatic rings. The van der Waals surface area contributed by atoms with E-state index in [-0.39, 0.29) is 12.7 Å². The van der Waals surface area contributed by atoms with E-state index in [1.54, 1.807) is 0 Å². The lowest BCUT2D eigenvalue weighted by Gasteiger charge is -2.43. The van der Waals surface area contributed by atoms with Crippen molar-refractivity contribution < 1.29 is 24.4 Å². The van der Waals surface area contributed by atoms with Crippen LogP contribution in [0.4, 0.5) is 0 Å². The van der Waals surface area contributed by atoms with Crippen molar-refractivity contribution in [2.24, 2.45) is 0 Å². The summed E-state index contributed by atoms with van der Waals surface area (Å²) in [6.07, 6.45) is -3.00.